The molecule has 0 saturated heterocycles. The lowest BCUT2D eigenvalue weighted by Crippen LogP contribution is -2.30. The quantitative estimate of drug-likeness (QED) is 0.0344. The van der Waals surface area contributed by atoms with E-state index in [0.717, 1.165) is 69.6 Å². The van der Waals surface area contributed by atoms with Crippen LogP contribution in [0.4, 0.5) is 0 Å². The highest BCUT2D eigenvalue weighted by atomic mass is 16.6. The Bertz CT molecular complexity index is 993. The number of esters is 3. The highest BCUT2D eigenvalue weighted by molar-refractivity contribution is 5.71. The van der Waals surface area contributed by atoms with Crippen molar-refractivity contribution in [2.24, 2.45) is 11.8 Å². The van der Waals surface area contributed by atoms with Crippen molar-refractivity contribution in [3.63, 3.8) is 0 Å². The van der Waals surface area contributed by atoms with E-state index in [1.807, 2.05) is 0 Å². The molecule has 0 bridgehead atoms. The van der Waals surface area contributed by atoms with Gasteiger partial charge in [0, 0.05) is 19.3 Å². The van der Waals surface area contributed by atoms with Gasteiger partial charge in [-0.15, -0.1) is 0 Å². The van der Waals surface area contributed by atoms with E-state index in [4.69, 9.17) is 14.2 Å². The van der Waals surface area contributed by atoms with Gasteiger partial charge in [-0.25, -0.2) is 0 Å². The van der Waals surface area contributed by atoms with E-state index >= 15 is 0 Å². The summed E-state index contributed by atoms with van der Waals surface area (Å²) in [6.45, 7) is 11.4. The number of carbonyl (C=O) groups is 3. The molecule has 1 atom stereocenters. The summed E-state index contributed by atoms with van der Waals surface area (Å²) in [5.74, 6) is 0.788. The Morgan fingerprint density at radius 2 is 0.508 bits per heavy atom. The first kappa shape index (κ1) is 63.4. The van der Waals surface area contributed by atoms with Gasteiger partial charge in [-0.3, -0.25) is 14.4 Å². The van der Waals surface area contributed by atoms with Crippen LogP contribution in [0.3, 0.4) is 0 Å². The van der Waals surface area contributed by atoms with Crippen molar-refractivity contribution in [1.29, 1.82) is 0 Å². The Balaban J connectivity index is 4.23. The number of unbranched alkanes of at least 4 members (excludes halogenated alkanes) is 38. The molecule has 0 N–H and O–H groups in total. The maximum absolute atomic E-state index is 12.8. The monoisotopic (exact) mass is 919 g/mol. The molecule has 0 aliphatic carbocycles. The second-order valence-electron chi connectivity index (χ2n) is 21.2. The standard InChI is InChI=1S/C59H114O6/c1-6-7-8-9-10-11-12-13-14-15-16-17-20-24-27-30-35-41-46-51-59(62)65-56(53-64-58(61)50-45-40-36-31-33-38-43-48-55(4)5)52-63-57(60)49-44-39-34-29-26-23-21-18-19-22-25-28-32-37-42-47-54(2)3/h54-56H,6-53H2,1-5H3/t56-/m1/s1. The van der Waals surface area contributed by atoms with Crippen molar-refractivity contribution in [2.45, 2.75) is 336 Å². The fourth-order valence-corrected chi connectivity index (χ4v) is 9.05. The summed E-state index contributed by atoms with van der Waals surface area (Å²) in [7, 11) is 0. The molecule has 0 heterocycles. The van der Waals surface area contributed by atoms with Crippen molar-refractivity contribution in [2.75, 3.05) is 13.2 Å². The molecule has 0 rings (SSSR count). The lowest BCUT2D eigenvalue weighted by molar-refractivity contribution is -0.167. The summed E-state index contributed by atoms with van der Waals surface area (Å²) < 4.78 is 16.9. The van der Waals surface area contributed by atoms with Gasteiger partial charge in [0.05, 0.1) is 0 Å². The van der Waals surface area contributed by atoms with Crippen LogP contribution < -0.4 is 0 Å². The third-order valence-electron chi connectivity index (χ3n) is 13.5. The van der Waals surface area contributed by atoms with E-state index in [1.54, 1.807) is 0 Å². The van der Waals surface area contributed by atoms with Gasteiger partial charge >= 0.3 is 17.9 Å². The zero-order chi connectivity index (χ0) is 47.5. The Morgan fingerprint density at radius 3 is 0.754 bits per heavy atom. The predicted octanol–water partition coefficient (Wildman–Crippen LogP) is 19.3. The zero-order valence-corrected chi connectivity index (χ0v) is 44.6. The minimum Gasteiger partial charge on any atom is -0.462 e. The van der Waals surface area contributed by atoms with Crippen LogP contribution in [0.1, 0.15) is 330 Å². The Hall–Kier alpha value is -1.59. The average Bonchev–Trinajstić information content (AvgIpc) is 3.28. The third kappa shape index (κ3) is 53.2. The van der Waals surface area contributed by atoms with Crippen molar-refractivity contribution in [1.82, 2.24) is 0 Å². The summed E-state index contributed by atoms with van der Waals surface area (Å²) in [6.07, 6.45) is 55.4. The number of carbonyl (C=O) groups excluding carboxylic acids is 3. The molecule has 65 heavy (non-hydrogen) atoms. The zero-order valence-electron chi connectivity index (χ0n) is 44.6. The largest absolute Gasteiger partial charge is 0.462 e. The van der Waals surface area contributed by atoms with Crippen LogP contribution in [0.15, 0.2) is 0 Å². The molecule has 0 aromatic carbocycles. The van der Waals surface area contributed by atoms with E-state index < -0.39 is 6.10 Å². The molecule has 0 fully saturated rings. The molecule has 0 radical (unpaired) electrons. The Kier molecular flexibility index (Phi) is 50.5. The molecule has 0 spiro atoms. The van der Waals surface area contributed by atoms with Crippen molar-refractivity contribution < 1.29 is 28.6 Å². The Morgan fingerprint density at radius 1 is 0.292 bits per heavy atom. The van der Waals surface area contributed by atoms with E-state index in [1.165, 1.54) is 218 Å². The predicted molar refractivity (Wildman–Crippen MR) is 280 cm³/mol. The summed E-state index contributed by atoms with van der Waals surface area (Å²) >= 11 is 0. The van der Waals surface area contributed by atoms with Gasteiger partial charge < -0.3 is 14.2 Å². The summed E-state index contributed by atoms with van der Waals surface area (Å²) in [5, 5.41) is 0. The fraction of sp³-hybridized carbons (Fsp3) is 0.949. The van der Waals surface area contributed by atoms with E-state index in [-0.39, 0.29) is 31.1 Å². The van der Waals surface area contributed by atoms with E-state index in [9.17, 15) is 14.4 Å². The van der Waals surface area contributed by atoms with Gasteiger partial charge in [0.2, 0.25) is 0 Å². The molecule has 0 aliphatic heterocycles. The molecular weight excluding hydrogens is 805 g/mol. The summed E-state index contributed by atoms with van der Waals surface area (Å²) in [6, 6.07) is 0. The maximum atomic E-state index is 12.8. The van der Waals surface area contributed by atoms with Gasteiger partial charge in [-0.2, -0.15) is 0 Å². The van der Waals surface area contributed by atoms with Crippen LogP contribution in [0.2, 0.25) is 0 Å². The van der Waals surface area contributed by atoms with Gasteiger partial charge in [0.25, 0.3) is 0 Å². The van der Waals surface area contributed by atoms with Crippen LogP contribution >= 0.6 is 0 Å². The highest BCUT2D eigenvalue weighted by Crippen LogP contribution is 2.18. The van der Waals surface area contributed by atoms with E-state index in [0.29, 0.717) is 19.3 Å². The smallest absolute Gasteiger partial charge is 0.306 e. The molecule has 0 aromatic rings. The number of ether oxygens (including phenoxy) is 3. The first-order chi connectivity index (χ1) is 31.7. The Labute approximate surface area is 406 Å². The van der Waals surface area contributed by atoms with Crippen LogP contribution in [-0.4, -0.2) is 37.2 Å². The topological polar surface area (TPSA) is 78.9 Å². The molecule has 0 aliphatic rings. The van der Waals surface area contributed by atoms with Gasteiger partial charge in [0.15, 0.2) is 6.10 Å². The second-order valence-corrected chi connectivity index (χ2v) is 21.2. The van der Waals surface area contributed by atoms with E-state index in [2.05, 4.69) is 34.6 Å². The molecule has 0 unspecified atom stereocenters. The van der Waals surface area contributed by atoms with Crippen LogP contribution in [0.25, 0.3) is 0 Å². The molecule has 386 valence electrons. The number of hydrogen-bond acceptors (Lipinski definition) is 6. The SMILES string of the molecule is CCCCCCCCCCCCCCCCCCCCCC(=O)O[C@H](COC(=O)CCCCCCCCCCCCCCCCCC(C)C)COC(=O)CCCCCCCCCC(C)C. The second kappa shape index (κ2) is 51.8. The minimum absolute atomic E-state index is 0.0633. The third-order valence-corrected chi connectivity index (χ3v) is 13.5. The number of hydrogen-bond donors (Lipinski definition) is 0. The highest BCUT2D eigenvalue weighted by Gasteiger charge is 2.19. The summed E-state index contributed by atoms with van der Waals surface area (Å²) in [5.41, 5.74) is 0. The van der Waals surface area contributed by atoms with Crippen molar-refractivity contribution in [3.05, 3.63) is 0 Å². The van der Waals surface area contributed by atoms with Gasteiger partial charge in [0.1, 0.15) is 13.2 Å². The molecule has 6 nitrogen and oxygen atoms in total. The first-order valence-corrected chi connectivity index (χ1v) is 29.2. The number of rotatable bonds is 53. The molecule has 0 saturated carbocycles. The van der Waals surface area contributed by atoms with Crippen molar-refractivity contribution >= 4 is 17.9 Å². The summed E-state index contributed by atoms with van der Waals surface area (Å²) in [4.78, 5) is 38.1. The van der Waals surface area contributed by atoms with Crippen molar-refractivity contribution in [3.8, 4) is 0 Å². The lowest BCUT2D eigenvalue weighted by Gasteiger charge is -2.18. The van der Waals surface area contributed by atoms with Crippen LogP contribution in [-0.2, 0) is 28.6 Å². The lowest BCUT2D eigenvalue weighted by atomic mass is 10.0. The molecular formula is C59H114O6. The molecule has 0 aromatic heterocycles. The van der Waals surface area contributed by atoms with Gasteiger partial charge in [-0.05, 0) is 31.1 Å². The average molecular weight is 920 g/mol. The normalized spacial score (nSPS) is 12.0. The molecule has 6 heteroatoms. The van der Waals surface area contributed by atoms with Crippen LogP contribution in [0.5, 0.6) is 0 Å². The fourth-order valence-electron chi connectivity index (χ4n) is 9.05. The first-order valence-electron chi connectivity index (χ1n) is 29.2. The minimum atomic E-state index is -0.763. The molecule has 0 amide bonds. The van der Waals surface area contributed by atoms with Gasteiger partial charge in [-0.1, -0.05) is 291 Å². The van der Waals surface area contributed by atoms with Crippen LogP contribution in [0, 0.1) is 11.8 Å². The maximum Gasteiger partial charge on any atom is 0.306 e.